The molecule has 0 atom stereocenters. The Labute approximate surface area is 211 Å². The third kappa shape index (κ3) is 7.36. The van der Waals surface area contributed by atoms with Crippen molar-refractivity contribution in [3.63, 3.8) is 0 Å². The molecule has 2 aromatic carbocycles. The molecule has 2 aliphatic rings. The number of ether oxygens (including phenoxy) is 6. The van der Waals surface area contributed by atoms with E-state index in [1.165, 1.54) is 0 Å². The molecule has 194 valence electrons. The van der Waals surface area contributed by atoms with Gasteiger partial charge in [0.1, 0.15) is 13.2 Å². The first kappa shape index (κ1) is 26.3. The molecule has 0 unspecified atom stereocenters. The molecule has 2 fully saturated rings. The second-order valence-corrected chi connectivity index (χ2v) is 10.2. The molecule has 0 saturated carbocycles. The molecule has 4 rings (SSSR count). The smallest absolute Gasteiger partial charge is 0.306 e. The minimum atomic E-state index is -0.459. The average Bonchev–Trinajstić information content (AvgIpc) is 2.91. The van der Waals surface area contributed by atoms with Gasteiger partial charge < -0.3 is 28.4 Å². The van der Waals surface area contributed by atoms with Crippen molar-refractivity contribution < 1.29 is 38.0 Å². The van der Waals surface area contributed by atoms with Gasteiger partial charge in [-0.15, -0.1) is 0 Å². The number of carbonyl (C=O) groups excluding carboxylic acids is 2. The van der Waals surface area contributed by atoms with Crippen molar-refractivity contribution in [1.29, 1.82) is 0 Å². The van der Waals surface area contributed by atoms with E-state index in [0.717, 1.165) is 11.1 Å². The number of esters is 2. The molecule has 0 radical (unpaired) electrons. The van der Waals surface area contributed by atoms with E-state index in [-0.39, 0.29) is 26.1 Å². The Hall–Kier alpha value is -2.78. The van der Waals surface area contributed by atoms with E-state index in [4.69, 9.17) is 28.4 Å². The lowest BCUT2D eigenvalue weighted by Gasteiger charge is -2.37. The third-order valence-corrected chi connectivity index (χ3v) is 6.17. The van der Waals surface area contributed by atoms with Crippen LogP contribution >= 0.6 is 0 Å². The highest BCUT2D eigenvalue weighted by molar-refractivity contribution is 5.77. The largest absolute Gasteiger partial charge is 0.465 e. The van der Waals surface area contributed by atoms with Crippen molar-refractivity contribution in [3.05, 3.63) is 71.8 Å². The Morgan fingerprint density at radius 1 is 0.667 bits per heavy atom. The molecule has 0 N–H and O–H groups in total. The van der Waals surface area contributed by atoms with Crippen LogP contribution in [0.4, 0.5) is 0 Å². The minimum Gasteiger partial charge on any atom is -0.465 e. The zero-order chi connectivity index (χ0) is 25.4. The quantitative estimate of drug-likeness (QED) is 0.471. The van der Waals surface area contributed by atoms with E-state index >= 15 is 0 Å². The van der Waals surface area contributed by atoms with E-state index in [0.29, 0.717) is 26.4 Å². The van der Waals surface area contributed by atoms with Crippen molar-refractivity contribution in [2.75, 3.05) is 39.6 Å². The topological polar surface area (TPSA) is 89.5 Å². The molecular weight excluding hydrogens is 464 g/mol. The summed E-state index contributed by atoms with van der Waals surface area (Å²) in [5.41, 5.74) is 1.00. The summed E-state index contributed by atoms with van der Waals surface area (Å²) in [5.74, 6) is -0.917. The average molecular weight is 499 g/mol. The number of benzene rings is 2. The monoisotopic (exact) mass is 498 g/mol. The van der Waals surface area contributed by atoms with Crippen LogP contribution in [0.1, 0.15) is 50.4 Å². The Morgan fingerprint density at radius 2 is 1.00 bits per heavy atom. The molecule has 8 heteroatoms. The van der Waals surface area contributed by atoms with E-state index in [1.807, 2.05) is 74.5 Å². The van der Waals surface area contributed by atoms with E-state index in [9.17, 15) is 9.59 Å². The number of hydrogen-bond donors (Lipinski definition) is 0. The summed E-state index contributed by atoms with van der Waals surface area (Å²) in [6.07, 6.45) is -0.946. The summed E-state index contributed by atoms with van der Waals surface area (Å²) < 4.78 is 34.1. The van der Waals surface area contributed by atoms with Crippen LogP contribution in [0.3, 0.4) is 0 Å². The summed E-state index contributed by atoms with van der Waals surface area (Å²) in [6.45, 7) is 5.77. The van der Waals surface area contributed by atoms with Crippen LogP contribution < -0.4 is 0 Å². The number of carbonyl (C=O) groups is 2. The lowest BCUT2D eigenvalue weighted by molar-refractivity contribution is -0.239. The highest BCUT2D eigenvalue weighted by atomic mass is 16.7. The Kier molecular flexibility index (Phi) is 8.74. The fraction of sp³-hybridized carbons (Fsp3) is 0.500. The van der Waals surface area contributed by atoms with E-state index < -0.39 is 35.3 Å². The van der Waals surface area contributed by atoms with Crippen LogP contribution in [-0.2, 0) is 38.0 Å². The fourth-order valence-electron chi connectivity index (χ4n) is 3.92. The fourth-order valence-corrected chi connectivity index (χ4v) is 3.92. The molecule has 8 nitrogen and oxygen atoms in total. The van der Waals surface area contributed by atoms with E-state index in [1.54, 1.807) is 0 Å². The molecule has 0 amide bonds. The first-order valence-corrected chi connectivity index (χ1v) is 12.2. The van der Waals surface area contributed by atoms with Gasteiger partial charge in [0.15, 0.2) is 12.6 Å². The predicted molar refractivity (Wildman–Crippen MR) is 130 cm³/mol. The van der Waals surface area contributed by atoms with Gasteiger partial charge in [-0.1, -0.05) is 74.5 Å². The van der Waals surface area contributed by atoms with Gasteiger partial charge in [0, 0.05) is 22.0 Å². The summed E-state index contributed by atoms with van der Waals surface area (Å²) >= 11 is 0. The van der Waals surface area contributed by atoms with Crippen molar-refractivity contribution >= 4 is 11.9 Å². The Morgan fingerprint density at radius 3 is 1.33 bits per heavy atom. The van der Waals surface area contributed by atoms with Crippen LogP contribution in [0.5, 0.6) is 0 Å². The molecule has 2 heterocycles. The molecule has 0 aliphatic carbocycles. The maximum absolute atomic E-state index is 12.2. The third-order valence-electron chi connectivity index (χ3n) is 6.17. The maximum Gasteiger partial charge on any atom is 0.306 e. The standard InChI is InChI=1S/C28H34O8/c1-27(17-33-25(34-18-27)21-9-5-3-6-10-21)15-31-23(29)13-14-24(30)32-16-28(2)19-35-26(36-20-28)22-11-7-4-8-12-22/h3-12,25-26H,13-20H2,1-2H3. The van der Waals surface area contributed by atoms with Crippen LogP contribution in [0.15, 0.2) is 60.7 Å². The van der Waals surface area contributed by atoms with Gasteiger partial charge in [0.05, 0.1) is 39.3 Å². The van der Waals surface area contributed by atoms with Gasteiger partial charge in [0.25, 0.3) is 0 Å². The second-order valence-electron chi connectivity index (χ2n) is 10.2. The Bertz CT molecular complexity index is 896. The van der Waals surface area contributed by atoms with Gasteiger partial charge in [-0.25, -0.2) is 0 Å². The summed E-state index contributed by atoms with van der Waals surface area (Å²) in [5, 5.41) is 0. The van der Waals surface area contributed by atoms with Crippen molar-refractivity contribution in [2.24, 2.45) is 10.8 Å². The number of hydrogen-bond acceptors (Lipinski definition) is 8. The first-order valence-electron chi connectivity index (χ1n) is 12.2. The summed E-state index contributed by atoms with van der Waals surface area (Å²) in [6, 6.07) is 19.4. The molecular formula is C28H34O8. The highest BCUT2D eigenvalue weighted by Crippen LogP contribution is 2.33. The van der Waals surface area contributed by atoms with Crippen molar-refractivity contribution in [1.82, 2.24) is 0 Å². The molecule has 0 spiro atoms. The normalized spacial score (nSPS) is 28.3. The maximum atomic E-state index is 12.2. The van der Waals surface area contributed by atoms with Gasteiger partial charge in [-0.05, 0) is 0 Å². The van der Waals surface area contributed by atoms with Crippen LogP contribution in [0.25, 0.3) is 0 Å². The van der Waals surface area contributed by atoms with E-state index in [2.05, 4.69) is 0 Å². The highest BCUT2D eigenvalue weighted by Gasteiger charge is 2.36. The van der Waals surface area contributed by atoms with Crippen LogP contribution in [0, 0.1) is 10.8 Å². The lowest BCUT2D eigenvalue weighted by atomic mass is 9.93. The van der Waals surface area contributed by atoms with Crippen molar-refractivity contribution in [2.45, 2.75) is 39.3 Å². The van der Waals surface area contributed by atoms with Gasteiger partial charge in [0.2, 0.25) is 0 Å². The zero-order valence-electron chi connectivity index (χ0n) is 20.9. The summed E-state index contributed by atoms with van der Waals surface area (Å²) in [4.78, 5) is 24.4. The Balaban J connectivity index is 1.11. The number of rotatable bonds is 9. The van der Waals surface area contributed by atoms with Crippen molar-refractivity contribution in [3.8, 4) is 0 Å². The van der Waals surface area contributed by atoms with Gasteiger partial charge in [-0.2, -0.15) is 0 Å². The van der Waals surface area contributed by atoms with Gasteiger partial charge in [-0.3, -0.25) is 9.59 Å². The molecule has 36 heavy (non-hydrogen) atoms. The predicted octanol–water partition coefficient (Wildman–Crippen LogP) is 4.36. The molecule has 2 saturated heterocycles. The molecule has 0 bridgehead atoms. The SMILES string of the molecule is CC1(COC(=O)CCC(=O)OCC2(C)COC(c3ccccc3)OC2)COC(c2ccccc2)OC1. The zero-order valence-corrected chi connectivity index (χ0v) is 20.9. The lowest BCUT2D eigenvalue weighted by Crippen LogP contribution is -2.40. The first-order chi connectivity index (χ1) is 17.3. The molecule has 2 aromatic rings. The summed E-state index contributed by atoms with van der Waals surface area (Å²) in [7, 11) is 0. The second kappa shape index (κ2) is 12.0. The molecule has 0 aromatic heterocycles. The van der Waals surface area contributed by atoms with Gasteiger partial charge >= 0.3 is 11.9 Å². The minimum absolute atomic E-state index is 0.0525. The van der Waals surface area contributed by atoms with Crippen LogP contribution in [-0.4, -0.2) is 51.6 Å². The van der Waals surface area contributed by atoms with Crippen LogP contribution in [0.2, 0.25) is 0 Å². The molecule has 2 aliphatic heterocycles.